The second kappa shape index (κ2) is 9.58. The standard InChI is InChI=1S/C25H31FN6O2/c1-2-27-24(33)18-6-7-21(19(26)14-18)31-11-9-30(10-12-31)16-17-13-20-23(28-15-17)32-8-4-3-5-22(32)25(34)29-20/h6-7,13-15,22H,2-5,8-12,16H2,1H3,(H,27,33)(H,29,34). The van der Waals surface area contributed by atoms with Crippen LogP contribution in [0.4, 0.5) is 21.6 Å². The normalized spacial score (nSPS) is 20.4. The van der Waals surface area contributed by atoms with Gasteiger partial charge in [0.15, 0.2) is 5.82 Å². The Morgan fingerprint density at radius 2 is 2.00 bits per heavy atom. The van der Waals surface area contributed by atoms with Crippen LogP contribution in [0.1, 0.15) is 42.1 Å². The van der Waals surface area contributed by atoms with Gasteiger partial charge in [-0.2, -0.15) is 0 Å². The van der Waals surface area contributed by atoms with Crippen LogP contribution in [0.5, 0.6) is 0 Å². The molecule has 0 aliphatic carbocycles. The van der Waals surface area contributed by atoms with Crippen molar-refractivity contribution in [1.29, 1.82) is 0 Å². The maximum Gasteiger partial charge on any atom is 0.251 e. The highest BCUT2D eigenvalue weighted by Gasteiger charge is 2.35. The molecular weight excluding hydrogens is 435 g/mol. The number of piperazine rings is 1. The molecule has 2 fully saturated rings. The summed E-state index contributed by atoms with van der Waals surface area (Å²) >= 11 is 0. The van der Waals surface area contributed by atoms with Gasteiger partial charge in [0, 0.05) is 57.6 Å². The number of halogens is 1. The molecule has 9 heteroatoms. The zero-order valence-electron chi connectivity index (χ0n) is 19.5. The third-order valence-electron chi connectivity index (χ3n) is 6.93. The number of carbonyl (C=O) groups is 2. The predicted molar refractivity (Wildman–Crippen MR) is 130 cm³/mol. The summed E-state index contributed by atoms with van der Waals surface area (Å²) in [5.74, 6) is 0.315. The molecule has 0 radical (unpaired) electrons. The van der Waals surface area contributed by atoms with Crippen molar-refractivity contribution in [1.82, 2.24) is 15.2 Å². The highest BCUT2D eigenvalue weighted by atomic mass is 19.1. The zero-order valence-corrected chi connectivity index (χ0v) is 19.5. The van der Waals surface area contributed by atoms with Crippen molar-refractivity contribution in [3.05, 3.63) is 47.4 Å². The number of anilines is 3. The first kappa shape index (κ1) is 22.6. The van der Waals surface area contributed by atoms with Crippen LogP contribution in [0.3, 0.4) is 0 Å². The van der Waals surface area contributed by atoms with Crippen LogP contribution in [-0.4, -0.2) is 67.0 Å². The summed E-state index contributed by atoms with van der Waals surface area (Å²) in [6, 6.07) is 6.63. The Labute approximate surface area is 199 Å². The second-order valence-electron chi connectivity index (χ2n) is 9.20. The van der Waals surface area contributed by atoms with Crippen LogP contribution in [0.2, 0.25) is 0 Å². The molecule has 1 aromatic heterocycles. The van der Waals surface area contributed by atoms with E-state index in [1.807, 2.05) is 24.1 Å². The molecule has 0 saturated carbocycles. The zero-order chi connectivity index (χ0) is 23.7. The summed E-state index contributed by atoms with van der Waals surface area (Å²) in [5, 5.41) is 5.75. The first-order valence-electron chi connectivity index (χ1n) is 12.1. The van der Waals surface area contributed by atoms with E-state index in [0.717, 1.165) is 62.5 Å². The Hall–Kier alpha value is -3.20. The van der Waals surface area contributed by atoms with Gasteiger partial charge in [-0.1, -0.05) is 0 Å². The summed E-state index contributed by atoms with van der Waals surface area (Å²) in [7, 11) is 0. The Bertz CT molecular complexity index is 1090. The van der Waals surface area contributed by atoms with Gasteiger partial charge in [0.1, 0.15) is 11.9 Å². The summed E-state index contributed by atoms with van der Waals surface area (Å²) in [4.78, 5) is 35.7. The van der Waals surface area contributed by atoms with Crippen LogP contribution < -0.4 is 20.4 Å². The Kier molecular flexibility index (Phi) is 6.36. The van der Waals surface area contributed by atoms with Gasteiger partial charge in [0.25, 0.3) is 5.91 Å². The predicted octanol–water partition coefficient (Wildman–Crippen LogP) is 2.60. The smallest absolute Gasteiger partial charge is 0.251 e. The Morgan fingerprint density at radius 3 is 2.76 bits per heavy atom. The number of hydrogen-bond acceptors (Lipinski definition) is 6. The van der Waals surface area contributed by atoms with E-state index in [1.165, 1.54) is 6.07 Å². The average Bonchev–Trinajstić information content (AvgIpc) is 2.85. The molecule has 0 bridgehead atoms. The van der Waals surface area contributed by atoms with E-state index in [0.29, 0.717) is 30.9 Å². The highest BCUT2D eigenvalue weighted by Crippen LogP contribution is 2.34. The molecule has 0 spiro atoms. The van der Waals surface area contributed by atoms with Crippen molar-refractivity contribution >= 4 is 29.0 Å². The maximum atomic E-state index is 14.7. The lowest BCUT2D eigenvalue weighted by Crippen LogP contribution is -2.51. The summed E-state index contributed by atoms with van der Waals surface area (Å²) in [6.45, 7) is 6.91. The number of rotatable bonds is 5. The summed E-state index contributed by atoms with van der Waals surface area (Å²) < 4.78 is 14.7. The average molecular weight is 467 g/mol. The molecule has 3 aliphatic heterocycles. The van der Waals surface area contributed by atoms with Crippen LogP contribution in [0, 0.1) is 5.82 Å². The number of carbonyl (C=O) groups excluding carboxylic acids is 2. The van der Waals surface area contributed by atoms with Gasteiger partial charge < -0.3 is 20.4 Å². The van der Waals surface area contributed by atoms with Crippen molar-refractivity contribution in [2.45, 2.75) is 38.8 Å². The summed E-state index contributed by atoms with van der Waals surface area (Å²) in [6.07, 6.45) is 4.96. The van der Waals surface area contributed by atoms with E-state index < -0.39 is 0 Å². The topological polar surface area (TPSA) is 80.8 Å². The van der Waals surface area contributed by atoms with Gasteiger partial charge in [0.2, 0.25) is 5.91 Å². The first-order valence-corrected chi connectivity index (χ1v) is 12.1. The van der Waals surface area contributed by atoms with Gasteiger partial charge in [-0.15, -0.1) is 0 Å². The van der Waals surface area contributed by atoms with Crippen LogP contribution in [0.25, 0.3) is 0 Å². The number of piperidine rings is 1. The fourth-order valence-electron chi connectivity index (χ4n) is 5.15. The van der Waals surface area contributed by atoms with E-state index in [4.69, 9.17) is 4.98 Å². The van der Waals surface area contributed by atoms with Crippen molar-refractivity contribution < 1.29 is 14.0 Å². The molecule has 2 saturated heterocycles. The van der Waals surface area contributed by atoms with E-state index in [-0.39, 0.29) is 23.7 Å². The molecule has 1 aromatic carbocycles. The fourth-order valence-corrected chi connectivity index (χ4v) is 5.15. The molecule has 2 N–H and O–H groups in total. The lowest BCUT2D eigenvalue weighted by atomic mass is 9.99. The van der Waals surface area contributed by atoms with Crippen molar-refractivity contribution in [3.8, 4) is 0 Å². The van der Waals surface area contributed by atoms with Gasteiger partial charge in [-0.25, -0.2) is 9.37 Å². The molecule has 5 rings (SSSR count). The third-order valence-corrected chi connectivity index (χ3v) is 6.93. The number of benzene rings is 1. The number of amides is 2. The molecule has 180 valence electrons. The summed E-state index contributed by atoms with van der Waals surface area (Å²) in [5.41, 5.74) is 2.72. The molecule has 4 heterocycles. The highest BCUT2D eigenvalue weighted by molar-refractivity contribution is 6.03. The van der Waals surface area contributed by atoms with E-state index in [9.17, 15) is 14.0 Å². The number of nitrogens with one attached hydrogen (secondary N) is 2. The van der Waals surface area contributed by atoms with Crippen LogP contribution in [-0.2, 0) is 11.3 Å². The largest absolute Gasteiger partial charge is 0.367 e. The van der Waals surface area contributed by atoms with Gasteiger partial charge in [-0.05, 0) is 56.0 Å². The fraction of sp³-hybridized carbons (Fsp3) is 0.480. The number of nitrogens with zero attached hydrogens (tertiary/aromatic N) is 4. The minimum absolute atomic E-state index is 0.0694. The minimum Gasteiger partial charge on any atom is -0.367 e. The van der Waals surface area contributed by atoms with E-state index in [2.05, 4.69) is 20.4 Å². The molecular formula is C25H31FN6O2. The lowest BCUT2D eigenvalue weighted by molar-refractivity contribution is -0.118. The van der Waals surface area contributed by atoms with E-state index in [1.54, 1.807) is 12.1 Å². The van der Waals surface area contributed by atoms with Gasteiger partial charge >= 0.3 is 0 Å². The molecule has 3 aliphatic rings. The second-order valence-corrected chi connectivity index (χ2v) is 9.20. The van der Waals surface area contributed by atoms with Crippen LogP contribution >= 0.6 is 0 Å². The quantitative estimate of drug-likeness (QED) is 0.705. The number of fused-ring (bicyclic) bond motifs is 3. The molecule has 1 atom stereocenters. The number of hydrogen-bond donors (Lipinski definition) is 2. The Balaban J connectivity index is 1.21. The molecule has 1 unspecified atom stereocenters. The monoisotopic (exact) mass is 466 g/mol. The lowest BCUT2D eigenvalue weighted by Gasteiger charge is -2.40. The molecule has 8 nitrogen and oxygen atoms in total. The minimum atomic E-state index is -0.372. The SMILES string of the molecule is CCNC(=O)c1ccc(N2CCN(Cc3cnc4c(c3)NC(=O)C3CCCCN43)CC2)c(F)c1. The van der Waals surface area contributed by atoms with Gasteiger partial charge in [-0.3, -0.25) is 14.5 Å². The Morgan fingerprint density at radius 1 is 1.18 bits per heavy atom. The molecule has 2 amide bonds. The van der Waals surface area contributed by atoms with Crippen molar-refractivity contribution in [2.24, 2.45) is 0 Å². The number of aromatic nitrogens is 1. The molecule has 34 heavy (non-hydrogen) atoms. The van der Waals surface area contributed by atoms with Crippen molar-refractivity contribution in [2.75, 3.05) is 54.4 Å². The van der Waals surface area contributed by atoms with Gasteiger partial charge in [0.05, 0.1) is 11.4 Å². The number of pyridine rings is 1. The van der Waals surface area contributed by atoms with Crippen molar-refractivity contribution in [3.63, 3.8) is 0 Å². The first-order chi connectivity index (χ1) is 16.5. The van der Waals surface area contributed by atoms with E-state index >= 15 is 0 Å². The molecule has 2 aromatic rings. The van der Waals surface area contributed by atoms with Crippen LogP contribution in [0.15, 0.2) is 30.5 Å². The third kappa shape index (κ3) is 4.44. The maximum absolute atomic E-state index is 14.7.